The number of guanidine groups is 1. The summed E-state index contributed by atoms with van der Waals surface area (Å²) in [5.74, 6) is 1.65. The zero-order chi connectivity index (χ0) is 17.4. The van der Waals surface area contributed by atoms with Gasteiger partial charge in [-0.15, -0.1) is 24.0 Å². The Bertz CT molecular complexity index is 518. The average molecular weight is 464 g/mol. The van der Waals surface area contributed by atoms with E-state index >= 15 is 0 Å². The maximum atomic E-state index is 10.6. The van der Waals surface area contributed by atoms with Crippen molar-refractivity contribution in [3.8, 4) is 0 Å². The minimum Gasteiger partial charge on any atom is -0.388 e. The van der Waals surface area contributed by atoms with Crippen LogP contribution in [0.3, 0.4) is 0 Å². The first kappa shape index (κ1) is 22.2. The van der Waals surface area contributed by atoms with Gasteiger partial charge in [0.15, 0.2) is 5.96 Å². The third-order valence-corrected chi connectivity index (χ3v) is 4.72. The van der Waals surface area contributed by atoms with Gasteiger partial charge in [-0.3, -0.25) is 0 Å². The van der Waals surface area contributed by atoms with Crippen molar-refractivity contribution < 1.29 is 9.63 Å². The van der Waals surface area contributed by atoms with Crippen molar-refractivity contribution in [1.29, 1.82) is 0 Å². The lowest BCUT2D eigenvalue weighted by Crippen LogP contribution is -2.48. The number of nitrogens with zero attached hydrogens (tertiary/aromatic N) is 2. The molecule has 0 radical (unpaired) electrons. The van der Waals surface area contributed by atoms with Crippen molar-refractivity contribution in [2.45, 2.75) is 77.9 Å². The number of halogens is 1. The molecule has 0 atom stereocenters. The van der Waals surface area contributed by atoms with Gasteiger partial charge < -0.3 is 20.3 Å². The molecule has 1 aliphatic rings. The fourth-order valence-electron chi connectivity index (χ4n) is 3.25. The van der Waals surface area contributed by atoms with Crippen LogP contribution in [0.1, 0.15) is 69.9 Å². The molecule has 144 valence electrons. The first-order chi connectivity index (χ1) is 11.6. The molecule has 1 saturated carbocycles. The van der Waals surface area contributed by atoms with E-state index in [0.717, 1.165) is 68.0 Å². The van der Waals surface area contributed by atoms with Gasteiger partial charge in [0.25, 0.3) is 0 Å². The van der Waals surface area contributed by atoms with Crippen LogP contribution < -0.4 is 10.6 Å². The highest BCUT2D eigenvalue weighted by Crippen LogP contribution is 2.27. The second-order valence-electron chi connectivity index (χ2n) is 6.57. The van der Waals surface area contributed by atoms with Gasteiger partial charge in [-0.1, -0.05) is 38.3 Å². The maximum absolute atomic E-state index is 10.6. The minimum absolute atomic E-state index is 0. The Kier molecular flexibility index (Phi) is 9.78. The van der Waals surface area contributed by atoms with E-state index in [1.807, 2.05) is 6.92 Å². The highest BCUT2D eigenvalue weighted by atomic mass is 127. The third kappa shape index (κ3) is 6.44. The normalized spacial score (nSPS) is 17.0. The molecule has 0 amide bonds. The fraction of sp³-hybridized carbons (Fsp3) is 0.778. The van der Waals surface area contributed by atoms with E-state index < -0.39 is 5.60 Å². The Morgan fingerprint density at radius 3 is 2.48 bits per heavy atom. The van der Waals surface area contributed by atoms with Gasteiger partial charge in [-0.05, 0) is 26.2 Å². The standard InChI is InChI=1S/C18H32N4O2.HI/c1-4-15-14(16(5-2)24-22-15)12-20-17(19-6-3)21-13-18(23)10-8-7-9-11-18;/h23H,4-13H2,1-3H3,(H2,19,20,21);1H. The molecule has 6 nitrogen and oxygen atoms in total. The summed E-state index contributed by atoms with van der Waals surface area (Å²) in [6.45, 7) is 8.06. The zero-order valence-electron chi connectivity index (χ0n) is 15.7. The largest absolute Gasteiger partial charge is 0.388 e. The van der Waals surface area contributed by atoms with E-state index in [9.17, 15) is 5.11 Å². The molecule has 2 rings (SSSR count). The van der Waals surface area contributed by atoms with Crippen molar-refractivity contribution in [2.24, 2.45) is 4.99 Å². The molecular weight excluding hydrogens is 431 g/mol. The minimum atomic E-state index is -0.602. The quantitative estimate of drug-likeness (QED) is 0.328. The topological polar surface area (TPSA) is 82.7 Å². The van der Waals surface area contributed by atoms with Crippen LogP contribution in [0.15, 0.2) is 9.52 Å². The Balaban J connectivity index is 0.00000312. The van der Waals surface area contributed by atoms with Crippen molar-refractivity contribution in [3.63, 3.8) is 0 Å². The summed E-state index contributed by atoms with van der Waals surface area (Å²) in [6.07, 6.45) is 6.83. The first-order valence-electron chi connectivity index (χ1n) is 9.32. The number of aliphatic imine (C=N–C) groups is 1. The SMILES string of the molecule is CCNC(=NCc1c(CC)noc1CC)NCC1(O)CCCCC1.I. The van der Waals surface area contributed by atoms with Gasteiger partial charge in [-0.25, -0.2) is 4.99 Å². The van der Waals surface area contributed by atoms with Crippen LogP contribution >= 0.6 is 24.0 Å². The van der Waals surface area contributed by atoms with Crippen molar-refractivity contribution in [3.05, 3.63) is 17.0 Å². The monoisotopic (exact) mass is 464 g/mol. The molecule has 1 aromatic rings. The maximum Gasteiger partial charge on any atom is 0.191 e. The lowest BCUT2D eigenvalue weighted by Gasteiger charge is -2.32. The number of hydrogen-bond donors (Lipinski definition) is 3. The van der Waals surface area contributed by atoms with Crippen molar-refractivity contribution >= 4 is 29.9 Å². The van der Waals surface area contributed by atoms with Gasteiger partial charge in [0.05, 0.1) is 17.8 Å². The molecule has 0 spiro atoms. The number of aliphatic hydroxyl groups is 1. The lowest BCUT2D eigenvalue weighted by molar-refractivity contribution is 0.00859. The molecule has 0 saturated heterocycles. The second-order valence-corrected chi connectivity index (χ2v) is 6.57. The Hall–Kier alpha value is -0.830. The number of nitrogens with one attached hydrogen (secondary N) is 2. The van der Waals surface area contributed by atoms with Crippen LogP contribution in [0.4, 0.5) is 0 Å². The molecule has 7 heteroatoms. The third-order valence-electron chi connectivity index (χ3n) is 4.72. The Morgan fingerprint density at radius 1 is 1.16 bits per heavy atom. The van der Waals surface area contributed by atoms with Crippen LogP contribution in [-0.2, 0) is 19.4 Å². The van der Waals surface area contributed by atoms with Gasteiger partial charge in [-0.2, -0.15) is 0 Å². The number of aryl methyl sites for hydroxylation is 2. The smallest absolute Gasteiger partial charge is 0.191 e. The van der Waals surface area contributed by atoms with E-state index in [-0.39, 0.29) is 24.0 Å². The van der Waals surface area contributed by atoms with Crippen LogP contribution in [0.25, 0.3) is 0 Å². The van der Waals surface area contributed by atoms with Crippen LogP contribution in [-0.4, -0.2) is 34.9 Å². The summed E-state index contributed by atoms with van der Waals surface area (Å²) >= 11 is 0. The molecule has 1 aliphatic carbocycles. The molecule has 0 bridgehead atoms. The van der Waals surface area contributed by atoms with Crippen molar-refractivity contribution in [2.75, 3.05) is 13.1 Å². The van der Waals surface area contributed by atoms with E-state index in [4.69, 9.17) is 4.52 Å². The van der Waals surface area contributed by atoms with Crippen LogP contribution in [0.5, 0.6) is 0 Å². The highest BCUT2D eigenvalue weighted by molar-refractivity contribution is 14.0. The first-order valence-corrected chi connectivity index (χ1v) is 9.32. The fourth-order valence-corrected chi connectivity index (χ4v) is 3.25. The molecule has 1 aromatic heterocycles. The predicted octanol–water partition coefficient (Wildman–Crippen LogP) is 3.17. The van der Waals surface area contributed by atoms with Crippen molar-refractivity contribution in [1.82, 2.24) is 15.8 Å². The summed E-state index contributed by atoms with van der Waals surface area (Å²) in [7, 11) is 0. The summed E-state index contributed by atoms with van der Waals surface area (Å²) in [6, 6.07) is 0. The van der Waals surface area contributed by atoms with Gasteiger partial charge >= 0.3 is 0 Å². The Morgan fingerprint density at radius 2 is 1.88 bits per heavy atom. The highest BCUT2D eigenvalue weighted by Gasteiger charge is 2.29. The number of hydrogen-bond acceptors (Lipinski definition) is 4. The van der Waals surface area contributed by atoms with E-state index in [2.05, 4.69) is 34.6 Å². The molecule has 0 aromatic carbocycles. The molecule has 25 heavy (non-hydrogen) atoms. The van der Waals surface area contributed by atoms with Gasteiger partial charge in [0.1, 0.15) is 5.76 Å². The predicted molar refractivity (Wildman–Crippen MR) is 112 cm³/mol. The van der Waals surface area contributed by atoms with E-state index in [0.29, 0.717) is 13.1 Å². The Labute approximate surface area is 168 Å². The molecule has 1 fully saturated rings. The molecule has 0 unspecified atom stereocenters. The molecular formula is C18H33IN4O2. The zero-order valence-corrected chi connectivity index (χ0v) is 18.1. The number of aromatic nitrogens is 1. The summed E-state index contributed by atoms with van der Waals surface area (Å²) in [5, 5.41) is 21.3. The molecule has 1 heterocycles. The summed E-state index contributed by atoms with van der Waals surface area (Å²) in [4.78, 5) is 4.67. The van der Waals surface area contributed by atoms with E-state index in [1.165, 1.54) is 6.42 Å². The van der Waals surface area contributed by atoms with E-state index in [1.54, 1.807) is 0 Å². The molecule has 0 aliphatic heterocycles. The summed E-state index contributed by atoms with van der Waals surface area (Å²) in [5.41, 5.74) is 1.47. The molecule has 3 N–H and O–H groups in total. The van der Waals surface area contributed by atoms with Crippen LogP contribution in [0, 0.1) is 0 Å². The van der Waals surface area contributed by atoms with Gasteiger partial charge in [0.2, 0.25) is 0 Å². The number of rotatable bonds is 7. The van der Waals surface area contributed by atoms with Gasteiger partial charge in [0, 0.05) is 25.1 Å². The summed E-state index contributed by atoms with van der Waals surface area (Å²) < 4.78 is 5.40. The average Bonchev–Trinajstić information content (AvgIpc) is 3.00. The van der Waals surface area contributed by atoms with Crippen LogP contribution in [0.2, 0.25) is 0 Å². The lowest BCUT2D eigenvalue weighted by atomic mass is 9.85. The second kappa shape index (κ2) is 11.0.